The highest BCUT2D eigenvalue weighted by Gasteiger charge is 2.14. The SMILES string of the molecule is CCc1ccc(NS(=O)(=O)c2cccc(CN)c2)cc1. The lowest BCUT2D eigenvalue weighted by Gasteiger charge is -2.09. The zero-order valence-corrected chi connectivity index (χ0v) is 12.2. The van der Waals surface area contributed by atoms with Crippen LogP contribution in [0.15, 0.2) is 53.4 Å². The number of nitrogens with one attached hydrogen (secondary N) is 1. The molecule has 0 aliphatic carbocycles. The average molecular weight is 290 g/mol. The lowest BCUT2D eigenvalue weighted by atomic mass is 10.2. The molecule has 106 valence electrons. The van der Waals surface area contributed by atoms with Crippen LogP contribution in [0.2, 0.25) is 0 Å². The molecular formula is C15H18N2O2S. The molecule has 0 fully saturated rings. The van der Waals surface area contributed by atoms with Gasteiger partial charge in [0.1, 0.15) is 0 Å². The first-order valence-electron chi connectivity index (χ1n) is 6.46. The van der Waals surface area contributed by atoms with E-state index in [-0.39, 0.29) is 4.90 Å². The van der Waals surface area contributed by atoms with Gasteiger partial charge < -0.3 is 5.73 Å². The molecule has 4 nitrogen and oxygen atoms in total. The van der Waals surface area contributed by atoms with Crippen molar-refractivity contribution in [3.05, 3.63) is 59.7 Å². The second-order valence-electron chi connectivity index (χ2n) is 4.51. The van der Waals surface area contributed by atoms with Gasteiger partial charge >= 0.3 is 0 Å². The fraction of sp³-hybridized carbons (Fsp3) is 0.200. The van der Waals surface area contributed by atoms with Gasteiger partial charge in [-0.25, -0.2) is 8.42 Å². The Morgan fingerprint density at radius 1 is 1.05 bits per heavy atom. The van der Waals surface area contributed by atoms with Gasteiger partial charge in [0.05, 0.1) is 4.90 Å². The Balaban J connectivity index is 2.25. The van der Waals surface area contributed by atoms with Crippen LogP contribution in [0, 0.1) is 0 Å². The summed E-state index contributed by atoms with van der Waals surface area (Å²) in [5.74, 6) is 0. The summed E-state index contributed by atoms with van der Waals surface area (Å²) in [5.41, 5.74) is 8.04. The van der Waals surface area contributed by atoms with Crippen LogP contribution in [-0.4, -0.2) is 8.42 Å². The van der Waals surface area contributed by atoms with Crippen molar-refractivity contribution in [2.75, 3.05) is 4.72 Å². The molecule has 0 heterocycles. The summed E-state index contributed by atoms with van der Waals surface area (Å²) in [5, 5.41) is 0. The molecule has 3 N–H and O–H groups in total. The zero-order valence-electron chi connectivity index (χ0n) is 11.3. The highest BCUT2D eigenvalue weighted by atomic mass is 32.2. The number of hydrogen-bond acceptors (Lipinski definition) is 3. The molecule has 0 aromatic heterocycles. The average Bonchev–Trinajstić information content (AvgIpc) is 2.48. The molecule has 0 aliphatic heterocycles. The molecule has 0 amide bonds. The lowest BCUT2D eigenvalue weighted by molar-refractivity contribution is 0.601. The second kappa shape index (κ2) is 6.07. The number of aryl methyl sites for hydroxylation is 1. The van der Waals surface area contributed by atoms with Gasteiger partial charge in [0, 0.05) is 12.2 Å². The van der Waals surface area contributed by atoms with E-state index in [2.05, 4.69) is 11.6 Å². The third-order valence-electron chi connectivity index (χ3n) is 3.06. The molecule has 2 aromatic carbocycles. The number of sulfonamides is 1. The fourth-order valence-electron chi connectivity index (χ4n) is 1.86. The smallest absolute Gasteiger partial charge is 0.261 e. The van der Waals surface area contributed by atoms with E-state index in [1.165, 1.54) is 0 Å². The van der Waals surface area contributed by atoms with Gasteiger partial charge in [0.25, 0.3) is 10.0 Å². The predicted molar refractivity (Wildman–Crippen MR) is 81.0 cm³/mol. The number of rotatable bonds is 5. The van der Waals surface area contributed by atoms with E-state index in [1.807, 2.05) is 12.1 Å². The van der Waals surface area contributed by atoms with E-state index in [1.54, 1.807) is 36.4 Å². The van der Waals surface area contributed by atoms with E-state index in [9.17, 15) is 8.42 Å². The maximum absolute atomic E-state index is 12.3. The van der Waals surface area contributed by atoms with Crippen LogP contribution < -0.4 is 10.5 Å². The molecule has 0 radical (unpaired) electrons. The minimum Gasteiger partial charge on any atom is -0.326 e. The van der Waals surface area contributed by atoms with Crippen LogP contribution in [0.3, 0.4) is 0 Å². The topological polar surface area (TPSA) is 72.2 Å². The molecule has 0 saturated heterocycles. The molecule has 0 spiro atoms. The van der Waals surface area contributed by atoms with E-state index in [0.29, 0.717) is 12.2 Å². The molecule has 0 saturated carbocycles. The number of hydrogen-bond donors (Lipinski definition) is 2. The summed E-state index contributed by atoms with van der Waals surface area (Å²) >= 11 is 0. The standard InChI is InChI=1S/C15H18N2O2S/c1-2-12-6-8-14(9-7-12)17-20(18,19)15-5-3-4-13(10-15)11-16/h3-10,17H,2,11,16H2,1H3. The largest absolute Gasteiger partial charge is 0.326 e. The number of benzene rings is 2. The highest BCUT2D eigenvalue weighted by molar-refractivity contribution is 7.92. The molecule has 0 unspecified atom stereocenters. The first-order chi connectivity index (χ1) is 9.55. The predicted octanol–water partition coefficient (Wildman–Crippen LogP) is 2.51. The van der Waals surface area contributed by atoms with Gasteiger partial charge in [0.15, 0.2) is 0 Å². The van der Waals surface area contributed by atoms with Crippen molar-refractivity contribution < 1.29 is 8.42 Å². The van der Waals surface area contributed by atoms with Crippen molar-refractivity contribution in [2.45, 2.75) is 24.8 Å². The van der Waals surface area contributed by atoms with Crippen LogP contribution in [0.1, 0.15) is 18.1 Å². The Hall–Kier alpha value is -1.85. The molecule has 0 bridgehead atoms. The highest BCUT2D eigenvalue weighted by Crippen LogP contribution is 2.17. The van der Waals surface area contributed by atoms with Gasteiger partial charge in [-0.15, -0.1) is 0 Å². The Labute approximate surface area is 119 Å². The molecule has 0 atom stereocenters. The van der Waals surface area contributed by atoms with Crippen molar-refractivity contribution in [3.8, 4) is 0 Å². The molecule has 20 heavy (non-hydrogen) atoms. The molecular weight excluding hydrogens is 272 g/mol. The maximum Gasteiger partial charge on any atom is 0.261 e. The van der Waals surface area contributed by atoms with Crippen molar-refractivity contribution in [1.82, 2.24) is 0 Å². The van der Waals surface area contributed by atoms with Gasteiger partial charge in [-0.1, -0.05) is 31.2 Å². The van der Waals surface area contributed by atoms with Crippen molar-refractivity contribution in [2.24, 2.45) is 5.73 Å². The third kappa shape index (κ3) is 3.37. The first-order valence-corrected chi connectivity index (χ1v) is 7.94. The minimum absolute atomic E-state index is 0.222. The quantitative estimate of drug-likeness (QED) is 0.888. The summed E-state index contributed by atoms with van der Waals surface area (Å²) in [7, 11) is -3.57. The van der Waals surface area contributed by atoms with E-state index < -0.39 is 10.0 Å². The summed E-state index contributed by atoms with van der Waals surface area (Å²) in [6.07, 6.45) is 0.922. The molecule has 0 aliphatic rings. The molecule has 2 aromatic rings. The summed E-state index contributed by atoms with van der Waals surface area (Å²) in [6.45, 7) is 2.37. The summed E-state index contributed by atoms with van der Waals surface area (Å²) < 4.78 is 27.1. The fourth-order valence-corrected chi connectivity index (χ4v) is 2.99. The van der Waals surface area contributed by atoms with E-state index >= 15 is 0 Å². The zero-order chi connectivity index (χ0) is 14.6. The minimum atomic E-state index is -3.57. The van der Waals surface area contributed by atoms with E-state index in [0.717, 1.165) is 17.5 Å². The van der Waals surface area contributed by atoms with Crippen molar-refractivity contribution in [3.63, 3.8) is 0 Å². The Morgan fingerprint density at radius 2 is 1.75 bits per heavy atom. The van der Waals surface area contributed by atoms with E-state index in [4.69, 9.17) is 5.73 Å². The van der Waals surface area contributed by atoms with Gasteiger partial charge in [-0.3, -0.25) is 4.72 Å². The lowest BCUT2D eigenvalue weighted by Crippen LogP contribution is -2.13. The first kappa shape index (κ1) is 14.6. The van der Waals surface area contributed by atoms with Crippen LogP contribution in [0.5, 0.6) is 0 Å². The Bertz CT molecular complexity index is 679. The van der Waals surface area contributed by atoms with Crippen molar-refractivity contribution >= 4 is 15.7 Å². The molecule has 5 heteroatoms. The van der Waals surface area contributed by atoms with Crippen LogP contribution >= 0.6 is 0 Å². The van der Waals surface area contributed by atoms with Crippen LogP contribution in [0.25, 0.3) is 0 Å². The Kier molecular flexibility index (Phi) is 4.42. The Morgan fingerprint density at radius 3 is 2.35 bits per heavy atom. The normalized spacial score (nSPS) is 11.3. The van der Waals surface area contributed by atoms with Crippen LogP contribution in [-0.2, 0) is 23.0 Å². The van der Waals surface area contributed by atoms with Gasteiger partial charge in [-0.2, -0.15) is 0 Å². The number of nitrogens with two attached hydrogens (primary N) is 1. The monoisotopic (exact) mass is 290 g/mol. The third-order valence-corrected chi connectivity index (χ3v) is 4.44. The van der Waals surface area contributed by atoms with Gasteiger partial charge in [0.2, 0.25) is 0 Å². The second-order valence-corrected chi connectivity index (χ2v) is 6.19. The van der Waals surface area contributed by atoms with Crippen LogP contribution in [0.4, 0.5) is 5.69 Å². The number of anilines is 1. The summed E-state index contributed by atoms with van der Waals surface area (Å²) in [4.78, 5) is 0.222. The molecule has 2 rings (SSSR count). The summed E-state index contributed by atoms with van der Waals surface area (Å²) in [6, 6.07) is 14.0. The maximum atomic E-state index is 12.3. The van der Waals surface area contributed by atoms with Gasteiger partial charge in [-0.05, 0) is 41.8 Å². The van der Waals surface area contributed by atoms with Crippen molar-refractivity contribution in [1.29, 1.82) is 0 Å².